The van der Waals surface area contributed by atoms with Gasteiger partial charge in [-0.05, 0) is 42.7 Å². The molecule has 1 heterocycles. The van der Waals surface area contributed by atoms with E-state index in [1.54, 1.807) is 42.5 Å². The summed E-state index contributed by atoms with van der Waals surface area (Å²) in [5.74, 6) is -0.441. The van der Waals surface area contributed by atoms with Gasteiger partial charge in [-0.3, -0.25) is 4.79 Å². The first-order valence-corrected chi connectivity index (χ1v) is 11.4. The van der Waals surface area contributed by atoms with E-state index in [0.29, 0.717) is 18.7 Å². The average Bonchev–Trinajstić information content (AvgIpc) is 2.77. The van der Waals surface area contributed by atoms with Crippen molar-refractivity contribution in [1.82, 2.24) is 9.62 Å². The van der Waals surface area contributed by atoms with Crippen LogP contribution in [-0.2, 0) is 21.4 Å². The third kappa shape index (κ3) is 6.35. The third-order valence-electron chi connectivity index (χ3n) is 4.89. The molecule has 1 amide bonds. The maximum absolute atomic E-state index is 12.7. The van der Waals surface area contributed by atoms with Crippen LogP contribution in [0.2, 0.25) is 0 Å². The van der Waals surface area contributed by atoms with Crippen LogP contribution < -0.4 is 10.1 Å². The lowest BCUT2D eigenvalue weighted by Crippen LogP contribution is -2.35. The molecule has 0 bridgehead atoms. The molecule has 0 atom stereocenters. The highest BCUT2D eigenvalue weighted by Gasteiger charge is 2.25. The van der Waals surface area contributed by atoms with Gasteiger partial charge in [0.05, 0.1) is 4.90 Å². The van der Waals surface area contributed by atoms with Crippen molar-refractivity contribution in [1.29, 1.82) is 0 Å². The molecule has 0 saturated carbocycles. The Kier molecular flexibility index (Phi) is 7.75. The molecule has 31 heavy (non-hydrogen) atoms. The predicted octanol–water partition coefficient (Wildman–Crippen LogP) is 3.79. The quantitative estimate of drug-likeness (QED) is 0.621. The molecule has 1 saturated heterocycles. The van der Waals surface area contributed by atoms with Crippen LogP contribution in [0.3, 0.4) is 0 Å². The molecule has 2 aromatic rings. The molecule has 0 radical (unpaired) electrons. The second-order valence-electron chi connectivity index (χ2n) is 7.08. The Morgan fingerprint density at radius 1 is 1.06 bits per heavy atom. The van der Waals surface area contributed by atoms with E-state index in [1.807, 2.05) is 0 Å². The Balaban J connectivity index is 1.57. The molecule has 0 spiro atoms. The summed E-state index contributed by atoms with van der Waals surface area (Å²) in [5, 5.41) is 2.68. The number of amides is 1. The number of nitrogens with zero attached hydrogens (tertiary/aromatic N) is 1. The van der Waals surface area contributed by atoms with Gasteiger partial charge in [0.1, 0.15) is 5.75 Å². The summed E-state index contributed by atoms with van der Waals surface area (Å²) in [6.07, 6.45) is 5.40. The van der Waals surface area contributed by atoms with E-state index in [9.17, 15) is 22.0 Å². The molecule has 0 aromatic heterocycles. The zero-order valence-corrected chi connectivity index (χ0v) is 17.7. The van der Waals surface area contributed by atoms with E-state index in [1.165, 1.54) is 22.5 Å². The molecule has 1 aliphatic heterocycles. The lowest BCUT2D eigenvalue weighted by molar-refractivity contribution is -0.116. The van der Waals surface area contributed by atoms with Crippen molar-refractivity contribution in [3.63, 3.8) is 0 Å². The number of hydrogen-bond acceptors (Lipinski definition) is 4. The van der Waals surface area contributed by atoms with Crippen molar-refractivity contribution < 1.29 is 26.7 Å². The number of sulfonamides is 1. The fourth-order valence-electron chi connectivity index (χ4n) is 3.27. The van der Waals surface area contributed by atoms with Gasteiger partial charge >= 0.3 is 6.61 Å². The minimum atomic E-state index is -3.49. The summed E-state index contributed by atoms with van der Waals surface area (Å²) < 4.78 is 56.2. The first kappa shape index (κ1) is 22.9. The average molecular weight is 451 g/mol. The van der Waals surface area contributed by atoms with Gasteiger partial charge < -0.3 is 10.1 Å². The highest BCUT2D eigenvalue weighted by molar-refractivity contribution is 7.89. The molecule has 9 heteroatoms. The van der Waals surface area contributed by atoms with Gasteiger partial charge in [0.2, 0.25) is 15.9 Å². The van der Waals surface area contributed by atoms with Gasteiger partial charge in [0.15, 0.2) is 0 Å². The lowest BCUT2D eigenvalue weighted by atomic mass is 10.2. The number of carbonyl (C=O) groups is 1. The summed E-state index contributed by atoms with van der Waals surface area (Å²) in [4.78, 5) is 12.3. The molecule has 1 aliphatic rings. The van der Waals surface area contributed by atoms with Crippen molar-refractivity contribution >= 4 is 22.0 Å². The van der Waals surface area contributed by atoms with Crippen molar-refractivity contribution in [2.75, 3.05) is 13.1 Å². The van der Waals surface area contributed by atoms with Crippen molar-refractivity contribution in [3.8, 4) is 5.75 Å². The van der Waals surface area contributed by atoms with Gasteiger partial charge in [-0.15, -0.1) is 0 Å². The Hall–Kier alpha value is -2.78. The van der Waals surface area contributed by atoms with E-state index in [0.717, 1.165) is 24.8 Å². The number of nitrogens with one attached hydrogen (secondary N) is 1. The summed E-state index contributed by atoms with van der Waals surface area (Å²) in [7, 11) is -3.49. The highest BCUT2D eigenvalue weighted by atomic mass is 32.2. The molecular formula is C22H24F2N2O4S. The Labute approximate surface area is 180 Å². The number of carbonyl (C=O) groups excluding carboxylic acids is 1. The second kappa shape index (κ2) is 10.5. The van der Waals surface area contributed by atoms with E-state index in [-0.39, 0.29) is 17.2 Å². The van der Waals surface area contributed by atoms with Crippen LogP contribution in [0.15, 0.2) is 59.5 Å². The molecule has 0 unspecified atom stereocenters. The molecule has 6 nitrogen and oxygen atoms in total. The Bertz CT molecular complexity index is 1020. The molecule has 1 N–H and O–H groups in total. The predicted molar refractivity (Wildman–Crippen MR) is 113 cm³/mol. The molecule has 3 rings (SSSR count). The Morgan fingerprint density at radius 2 is 1.74 bits per heavy atom. The number of halogens is 2. The van der Waals surface area contributed by atoms with Crippen LogP contribution in [0, 0.1) is 0 Å². The number of rotatable bonds is 8. The topological polar surface area (TPSA) is 75.7 Å². The van der Waals surface area contributed by atoms with Crippen molar-refractivity contribution in [2.45, 2.75) is 37.3 Å². The third-order valence-corrected chi connectivity index (χ3v) is 6.81. The van der Waals surface area contributed by atoms with Crippen LogP contribution >= 0.6 is 0 Å². The lowest BCUT2D eigenvalue weighted by Gasteiger charge is -2.25. The van der Waals surface area contributed by atoms with Crippen LogP contribution in [0.5, 0.6) is 5.75 Å². The molecule has 0 aliphatic carbocycles. The van der Waals surface area contributed by atoms with Gasteiger partial charge in [0, 0.05) is 31.3 Å². The fourth-order valence-corrected chi connectivity index (χ4v) is 4.79. The van der Waals surface area contributed by atoms with E-state index in [4.69, 9.17) is 0 Å². The summed E-state index contributed by atoms with van der Waals surface area (Å²) >= 11 is 0. The number of hydrogen-bond donors (Lipinski definition) is 1. The van der Waals surface area contributed by atoms with E-state index < -0.39 is 22.5 Å². The molecule has 2 aromatic carbocycles. The SMILES string of the molecule is O=C(/C=C/c1ccccc1OC(F)F)NCc1ccc(S(=O)(=O)N2CCCCC2)cc1. The van der Waals surface area contributed by atoms with Crippen LogP contribution in [0.1, 0.15) is 30.4 Å². The van der Waals surface area contributed by atoms with Crippen LogP contribution in [-0.4, -0.2) is 38.3 Å². The largest absolute Gasteiger partial charge is 0.434 e. The molecule has 1 fully saturated rings. The maximum atomic E-state index is 12.7. The highest BCUT2D eigenvalue weighted by Crippen LogP contribution is 2.22. The zero-order valence-electron chi connectivity index (χ0n) is 16.8. The fraction of sp³-hybridized carbons (Fsp3) is 0.318. The van der Waals surface area contributed by atoms with Gasteiger partial charge in [-0.1, -0.05) is 36.8 Å². The number of para-hydroxylation sites is 1. The van der Waals surface area contributed by atoms with E-state index in [2.05, 4.69) is 10.1 Å². The normalized spacial score (nSPS) is 15.3. The number of benzene rings is 2. The summed E-state index contributed by atoms with van der Waals surface area (Å²) in [5.41, 5.74) is 1.09. The van der Waals surface area contributed by atoms with Crippen molar-refractivity contribution in [2.24, 2.45) is 0 Å². The minimum Gasteiger partial charge on any atom is -0.434 e. The number of alkyl halides is 2. The number of ether oxygens (including phenoxy) is 1. The summed E-state index contributed by atoms with van der Waals surface area (Å²) in [6.45, 7) is -1.68. The zero-order chi connectivity index (χ0) is 22.3. The standard InChI is InChI=1S/C22H24F2N2O4S/c23-22(24)30-20-7-3-2-6-18(20)10-13-21(27)25-16-17-8-11-19(12-9-17)31(28,29)26-14-4-1-5-15-26/h2-3,6-13,22H,1,4-5,14-16H2,(H,25,27)/b13-10+. The number of piperidine rings is 1. The van der Waals surface area contributed by atoms with Gasteiger partial charge in [-0.25, -0.2) is 8.42 Å². The van der Waals surface area contributed by atoms with Crippen LogP contribution in [0.4, 0.5) is 8.78 Å². The molecular weight excluding hydrogens is 426 g/mol. The van der Waals surface area contributed by atoms with Gasteiger partial charge in [-0.2, -0.15) is 13.1 Å². The summed E-state index contributed by atoms with van der Waals surface area (Å²) in [6, 6.07) is 12.6. The monoisotopic (exact) mass is 450 g/mol. The smallest absolute Gasteiger partial charge is 0.387 e. The first-order valence-electron chi connectivity index (χ1n) is 9.95. The van der Waals surface area contributed by atoms with E-state index >= 15 is 0 Å². The Morgan fingerprint density at radius 3 is 2.42 bits per heavy atom. The minimum absolute atomic E-state index is 0.0212. The molecule has 166 valence electrons. The first-order chi connectivity index (χ1) is 14.9. The second-order valence-corrected chi connectivity index (χ2v) is 9.01. The van der Waals surface area contributed by atoms with Crippen LogP contribution in [0.25, 0.3) is 6.08 Å². The van der Waals surface area contributed by atoms with Gasteiger partial charge in [0.25, 0.3) is 0 Å². The maximum Gasteiger partial charge on any atom is 0.387 e. The van der Waals surface area contributed by atoms with Crippen molar-refractivity contribution in [3.05, 3.63) is 65.7 Å².